The maximum atomic E-state index is 13.1. The van der Waals surface area contributed by atoms with Crippen LogP contribution in [0.1, 0.15) is 22.8 Å². The zero-order valence-electron chi connectivity index (χ0n) is 12.1. The van der Waals surface area contributed by atoms with Crippen molar-refractivity contribution in [3.63, 3.8) is 0 Å². The maximum absolute atomic E-state index is 13.1. The summed E-state index contributed by atoms with van der Waals surface area (Å²) in [6.45, 7) is 0. The number of anilines is 1. The number of aromatic nitrogens is 1. The molecule has 3 aromatic rings. The number of carbonyl (C=O) groups is 1. The normalized spacial score (nSPS) is 16.7. The Balaban J connectivity index is 1.81. The van der Waals surface area contributed by atoms with Gasteiger partial charge in [-0.15, -0.1) is 0 Å². The molecule has 5 heteroatoms. The molecular weight excluding hydrogens is 311 g/mol. The zero-order valence-corrected chi connectivity index (χ0v) is 12.9. The molecule has 2 aromatic carbocycles. The standard InChI is InChI=1S/C18H13FN2OS/c19-13-8-6-12(7-9-13)16-17-18(23-21-16)14(10-15(22)20-17)11-4-2-1-3-5-11/h1-9,14H,10H2,(H,20,22)/t14-/m1/s1. The minimum absolute atomic E-state index is 0.0186. The summed E-state index contributed by atoms with van der Waals surface area (Å²) >= 11 is 1.40. The summed E-state index contributed by atoms with van der Waals surface area (Å²) in [5.41, 5.74) is 3.38. The molecular formula is C18H13FN2OS. The van der Waals surface area contributed by atoms with E-state index in [-0.39, 0.29) is 17.6 Å². The van der Waals surface area contributed by atoms with E-state index in [2.05, 4.69) is 9.69 Å². The quantitative estimate of drug-likeness (QED) is 0.758. The van der Waals surface area contributed by atoms with Crippen molar-refractivity contribution in [1.29, 1.82) is 0 Å². The molecule has 1 N–H and O–H groups in total. The lowest BCUT2D eigenvalue weighted by atomic mass is 9.90. The lowest BCUT2D eigenvalue weighted by Gasteiger charge is -2.22. The summed E-state index contributed by atoms with van der Waals surface area (Å²) in [6.07, 6.45) is 0.419. The number of nitrogens with one attached hydrogen (secondary N) is 1. The molecule has 1 aromatic heterocycles. The van der Waals surface area contributed by atoms with E-state index in [0.717, 1.165) is 21.7 Å². The molecule has 4 rings (SSSR count). The van der Waals surface area contributed by atoms with Crippen LogP contribution >= 0.6 is 11.5 Å². The monoisotopic (exact) mass is 324 g/mol. The molecule has 114 valence electrons. The second kappa shape index (κ2) is 5.59. The van der Waals surface area contributed by atoms with Gasteiger partial charge in [-0.1, -0.05) is 30.3 Å². The molecule has 1 atom stereocenters. The molecule has 0 fully saturated rings. The number of halogens is 1. The number of nitrogens with zero attached hydrogens (tertiary/aromatic N) is 1. The molecule has 0 spiro atoms. The van der Waals surface area contributed by atoms with E-state index >= 15 is 0 Å². The third kappa shape index (κ3) is 2.53. The molecule has 0 saturated heterocycles. The van der Waals surface area contributed by atoms with Crippen LogP contribution in [0.15, 0.2) is 54.6 Å². The van der Waals surface area contributed by atoms with Crippen molar-refractivity contribution >= 4 is 23.1 Å². The Hall–Kier alpha value is -2.53. The van der Waals surface area contributed by atoms with Crippen LogP contribution in [0.2, 0.25) is 0 Å². The van der Waals surface area contributed by atoms with Crippen molar-refractivity contribution in [2.45, 2.75) is 12.3 Å². The Bertz CT molecular complexity index is 858. The van der Waals surface area contributed by atoms with Crippen LogP contribution in [0.5, 0.6) is 0 Å². The van der Waals surface area contributed by atoms with Gasteiger partial charge in [-0.2, -0.15) is 4.37 Å². The Morgan fingerprint density at radius 1 is 1.09 bits per heavy atom. The van der Waals surface area contributed by atoms with E-state index < -0.39 is 0 Å². The number of hydrogen-bond acceptors (Lipinski definition) is 3. The molecule has 2 heterocycles. The first-order chi connectivity index (χ1) is 11.2. The van der Waals surface area contributed by atoms with Crippen molar-refractivity contribution in [1.82, 2.24) is 4.37 Å². The minimum Gasteiger partial charge on any atom is -0.323 e. The van der Waals surface area contributed by atoms with Gasteiger partial charge in [-0.25, -0.2) is 4.39 Å². The molecule has 23 heavy (non-hydrogen) atoms. The Labute approximate surface area is 137 Å². The third-order valence-corrected chi connectivity index (χ3v) is 4.97. The van der Waals surface area contributed by atoms with Crippen LogP contribution in [0.25, 0.3) is 11.3 Å². The summed E-state index contributed by atoms with van der Waals surface area (Å²) in [5, 5.41) is 2.94. The second-order valence-corrected chi connectivity index (χ2v) is 6.30. The van der Waals surface area contributed by atoms with E-state index in [0.29, 0.717) is 12.1 Å². The van der Waals surface area contributed by atoms with Crippen molar-refractivity contribution in [2.24, 2.45) is 0 Å². The van der Waals surface area contributed by atoms with Crippen LogP contribution < -0.4 is 5.32 Å². The lowest BCUT2D eigenvalue weighted by Crippen LogP contribution is -2.22. The highest BCUT2D eigenvalue weighted by Gasteiger charge is 2.31. The smallest absolute Gasteiger partial charge is 0.225 e. The molecule has 1 aliphatic heterocycles. The van der Waals surface area contributed by atoms with Crippen LogP contribution in [0, 0.1) is 5.82 Å². The fraction of sp³-hybridized carbons (Fsp3) is 0.111. The van der Waals surface area contributed by atoms with Crippen LogP contribution in [0.4, 0.5) is 10.1 Å². The van der Waals surface area contributed by atoms with E-state index in [1.807, 2.05) is 30.3 Å². The first-order valence-corrected chi connectivity index (χ1v) is 8.10. The van der Waals surface area contributed by atoms with Gasteiger partial charge in [-0.3, -0.25) is 4.79 Å². The first-order valence-electron chi connectivity index (χ1n) is 7.32. The second-order valence-electron chi connectivity index (χ2n) is 5.49. The highest BCUT2D eigenvalue weighted by atomic mass is 32.1. The lowest BCUT2D eigenvalue weighted by molar-refractivity contribution is -0.116. The van der Waals surface area contributed by atoms with E-state index in [1.54, 1.807) is 12.1 Å². The zero-order chi connectivity index (χ0) is 15.8. The van der Waals surface area contributed by atoms with Crippen LogP contribution in [-0.2, 0) is 4.79 Å². The highest BCUT2D eigenvalue weighted by Crippen LogP contribution is 2.44. The highest BCUT2D eigenvalue weighted by molar-refractivity contribution is 7.07. The number of carbonyl (C=O) groups excluding carboxylic acids is 1. The van der Waals surface area contributed by atoms with Gasteiger partial charge >= 0.3 is 0 Å². The SMILES string of the molecule is O=C1C[C@H](c2ccccc2)c2snc(-c3ccc(F)cc3)c2N1. The van der Waals surface area contributed by atoms with Crippen LogP contribution in [0.3, 0.4) is 0 Å². The predicted molar refractivity (Wildman–Crippen MR) is 89.0 cm³/mol. The van der Waals surface area contributed by atoms with Crippen molar-refractivity contribution in [2.75, 3.05) is 5.32 Å². The van der Waals surface area contributed by atoms with Gasteiger partial charge in [0, 0.05) is 17.9 Å². The van der Waals surface area contributed by atoms with Crippen LogP contribution in [-0.4, -0.2) is 10.3 Å². The van der Waals surface area contributed by atoms with E-state index in [1.165, 1.54) is 23.7 Å². The van der Waals surface area contributed by atoms with Gasteiger partial charge in [0.05, 0.1) is 10.6 Å². The average Bonchev–Trinajstić information content (AvgIpc) is 2.99. The molecule has 3 nitrogen and oxygen atoms in total. The van der Waals surface area contributed by atoms with Gasteiger partial charge in [0.2, 0.25) is 5.91 Å². The fourth-order valence-corrected chi connectivity index (χ4v) is 3.86. The molecule has 0 saturated carbocycles. The van der Waals surface area contributed by atoms with Crippen molar-refractivity contribution in [3.8, 4) is 11.3 Å². The van der Waals surface area contributed by atoms with Gasteiger partial charge in [-0.05, 0) is 41.4 Å². The fourth-order valence-electron chi connectivity index (χ4n) is 2.89. The minimum atomic E-state index is -0.288. The molecule has 0 radical (unpaired) electrons. The molecule has 1 aliphatic rings. The number of hydrogen-bond donors (Lipinski definition) is 1. The van der Waals surface area contributed by atoms with Gasteiger partial charge in [0.1, 0.15) is 11.5 Å². The molecule has 0 aliphatic carbocycles. The Kier molecular flexibility index (Phi) is 3.42. The first kappa shape index (κ1) is 14.1. The van der Waals surface area contributed by atoms with Gasteiger partial charge in [0.25, 0.3) is 0 Å². The summed E-state index contributed by atoms with van der Waals surface area (Å²) < 4.78 is 17.6. The maximum Gasteiger partial charge on any atom is 0.225 e. The Morgan fingerprint density at radius 2 is 1.83 bits per heavy atom. The number of amides is 1. The topological polar surface area (TPSA) is 42.0 Å². The summed E-state index contributed by atoms with van der Waals surface area (Å²) in [7, 11) is 0. The van der Waals surface area contributed by atoms with Crippen molar-refractivity contribution < 1.29 is 9.18 Å². The molecule has 0 unspecified atom stereocenters. The summed E-state index contributed by atoms with van der Waals surface area (Å²) in [4.78, 5) is 13.2. The third-order valence-electron chi connectivity index (χ3n) is 4.01. The van der Waals surface area contributed by atoms with E-state index in [4.69, 9.17) is 0 Å². The van der Waals surface area contributed by atoms with Crippen molar-refractivity contribution in [3.05, 3.63) is 70.9 Å². The molecule has 1 amide bonds. The number of rotatable bonds is 2. The van der Waals surface area contributed by atoms with Gasteiger partial charge < -0.3 is 5.32 Å². The largest absolute Gasteiger partial charge is 0.323 e. The number of fused-ring (bicyclic) bond motifs is 1. The summed E-state index contributed by atoms with van der Waals surface area (Å²) in [6, 6.07) is 16.2. The summed E-state index contributed by atoms with van der Waals surface area (Å²) in [5.74, 6) is -0.286. The Morgan fingerprint density at radius 3 is 2.57 bits per heavy atom. The number of benzene rings is 2. The molecule has 0 bridgehead atoms. The predicted octanol–water partition coefficient (Wildman–Crippen LogP) is 4.42. The average molecular weight is 324 g/mol. The van der Waals surface area contributed by atoms with E-state index in [9.17, 15) is 9.18 Å². The van der Waals surface area contributed by atoms with Gasteiger partial charge in [0.15, 0.2) is 0 Å².